The maximum atomic E-state index is 12.5. The number of rotatable bonds is 9. The lowest BCUT2D eigenvalue weighted by atomic mass is 10.0. The van der Waals surface area contributed by atoms with Crippen molar-refractivity contribution in [3.8, 4) is 0 Å². The molecule has 7 heteroatoms. The predicted octanol–water partition coefficient (Wildman–Crippen LogP) is 5.00. The lowest BCUT2D eigenvalue weighted by Crippen LogP contribution is -2.21. The maximum Gasteiger partial charge on any atom is 0.325 e. The molecular formula is C19H25N3O3S. The quantitative estimate of drug-likeness (QED) is 0.477. The van der Waals surface area contributed by atoms with E-state index in [0.717, 1.165) is 30.5 Å². The van der Waals surface area contributed by atoms with E-state index >= 15 is 0 Å². The van der Waals surface area contributed by atoms with Gasteiger partial charge >= 0.3 is 6.03 Å². The molecule has 26 heavy (non-hydrogen) atoms. The van der Waals surface area contributed by atoms with Crippen LogP contribution in [0.3, 0.4) is 0 Å². The number of aryl methyl sites for hydroxylation is 1. The highest BCUT2D eigenvalue weighted by Gasteiger charge is 2.14. The summed E-state index contributed by atoms with van der Waals surface area (Å²) >= 11 is 1.32. The number of nitrogens with one attached hydrogen (secondary N) is 2. The van der Waals surface area contributed by atoms with E-state index in [-0.39, 0.29) is 5.78 Å². The van der Waals surface area contributed by atoms with Gasteiger partial charge < -0.3 is 10.1 Å². The van der Waals surface area contributed by atoms with Crippen molar-refractivity contribution in [3.63, 3.8) is 0 Å². The molecule has 0 aliphatic carbocycles. The number of benzene rings is 1. The molecule has 6 nitrogen and oxygen atoms in total. The van der Waals surface area contributed by atoms with Crippen LogP contribution in [0.4, 0.5) is 15.6 Å². The molecule has 0 radical (unpaired) electrons. The summed E-state index contributed by atoms with van der Waals surface area (Å²) in [5.74, 6) is 0.0501. The topological polar surface area (TPSA) is 80.3 Å². The zero-order valence-electron chi connectivity index (χ0n) is 15.4. The van der Waals surface area contributed by atoms with Crippen molar-refractivity contribution < 1.29 is 14.3 Å². The van der Waals surface area contributed by atoms with Crippen molar-refractivity contribution in [1.29, 1.82) is 0 Å². The van der Waals surface area contributed by atoms with E-state index < -0.39 is 6.03 Å². The number of unbranched alkanes of at least 4 members (excludes halogenated alkanes) is 2. The fraction of sp³-hybridized carbons (Fsp3) is 0.421. The SMILES string of the molecule is CCCCCC(=O)c1cc(C)ccc1NC(=O)Nc1nc(COC)cs1. The van der Waals surface area contributed by atoms with E-state index in [9.17, 15) is 9.59 Å². The third-order valence-electron chi connectivity index (χ3n) is 3.80. The summed E-state index contributed by atoms with van der Waals surface area (Å²) in [6.45, 7) is 4.43. The van der Waals surface area contributed by atoms with Crippen molar-refractivity contribution in [3.05, 3.63) is 40.4 Å². The average Bonchev–Trinajstić information content (AvgIpc) is 3.04. The highest BCUT2D eigenvalue weighted by Crippen LogP contribution is 2.22. The number of anilines is 2. The fourth-order valence-electron chi connectivity index (χ4n) is 2.50. The summed E-state index contributed by atoms with van der Waals surface area (Å²) in [5, 5.41) is 7.77. The Bertz CT molecular complexity index is 758. The molecule has 1 aromatic carbocycles. The van der Waals surface area contributed by atoms with Gasteiger partial charge in [0.15, 0.2) is 10.9 Å². The largest absolute Gasteiger partial charge is 0.378 e. The van der Waals surface area contributed by atoms with E-state index in [2.05, 4.69) is 22.5 Å². The number of carbonyl (C=O) groups excluding carboxylic acids is 2. The minimum absolute atomic E-state index is 0.0501. The Balaban J connectivity index is 2.05. The van der Waals surface area contributed by atoms with Gasteiger partial charge in [0.1, 0.15) is 0 Å². The van der Waals surface area contributed by atoms with Crippen LogP contribution in [0.5, 0.6) is 0 Å². The second kappa shape index (κ2) is 10.0. The van der Waals surface area contributed by atoms with Crippen LogP contribution in [0.1, 0.15) is 54.2 Å². The third kappa shape index (κ3) is 5.93. The Morgan fingerprint density at radius 1 is 1.23 bits per heavy atom. The number of hydrogen-bond donors (Lipinski definition) is 2. The number of ketones is 1. The number of urea groups is 1. The lowest BCUT2D eigenvalue weighted by Gasteiger charge is -2.11. The smallest absolute Gasteiger partial charge is 0.325 e. The highest BCUT2D eigenvalue weighted by molar-refractivity contribution is 7.13. The minimum atomic E-state index is -0.422. The van der Waals surface area contributed by atoms with Gasteiger partial charge in [0.2, 0.25) is 0 Å². The number of thiazole rings is 1. The van der Waals surface area contributed by atoms with Crippen LogP contribution in [-0.2, 0) is 11.3 Å². The van der Waals surface area contributed by atoms with E-state index in [4.69, 9.17) is 4.74 Å². The Hall–Kier alpha value is -2.25. The van der Waals surface area contributed by atoms with Crippen LogP contribution in [0.2, 0.25) is 0 Å². The Morgan fingerprint density at radius 3 is 2.77 bits per heavy atom. The summed E-state index contributed by atoms with van der Waals surface area (Å²) in [6, 6.07) is 5.04. The van der Waals surface area contributed by atoms with Gasteiger partial charge in [0.05, 0.1) is 18.0 Å². The maximum absolute atomic E-state index is 12.5. The van der Waals surface area contributed by atoms with Crippen molar-refractivity contribution >= 4 is 34.0 Å². The van der Waals surface area contributed by atoms with Gasteiger partial charge in [-0.15, -0.1) is 11.3 Å². The van der Waals surface area contributed by atoms with E-state index in [1.54, 1.807) is 13.2 Å². The van der Waals surface area contributed by atoms with Gasteiger partial charge in [-0.05, 0) is 25.5 Å². The number of carbonyl (C=O) groups is 2. The number of hydrogen-bond acceptors (Lipinski definition) is 5. The number of nitrogens with zero attached hydrogens (tertiary/aromatic N) is 1. The Kier molecular flexibility index (Phi) is 7.74. The van der Waals surface area contributed by atoms with Crippen LogP contribution in [0.25, 0.3) is 0 Å². The van der Waals surface area contributed by atoms with Crippen LogP contribution >= 0.6 is 11.3 Å². The first-order valence-electron chi connectivity index (χ1n) is 8.68. The molecule has 2 rings (SSSR count). The molecule has 0 aliphatic heterocycles. The summed E-state index contributed by atoms with van der Waals surface area (Å²) in [5.41, 5.74) is 2.81. The molecule has 0 spiro atoms. The Morgan fingerprint density at radius 2 is 2.04 bits per heavy atom. The predicted molar refractivity (Wildman–Crippen MR) is 105 cm³/mol. The van der Waals surface area contributed by atoms with Crippen LogP contribution in [0.15, 0.2) is 23.6 Å². The first-order chi connectivity index (χ1) is 12.5. The number of ether oxygens (including phenoxy) is 1. The first kappa shape index (κ1) is 20.1. The minimum Gasteiger partial charge on any atom is -0.378 e. The third-order valence-corrected chi connectivity index (χ3v) is 4.60. The Labute approximate surface area is 158 Å². The van der Waals surface area contributed by atoms with Crippen molar-refractivity contribution in [2.75, 3.05) is 17.7 Å². The van der Waals surface area contributed by atoms with Crippen LogP contribution in [0, 0.1) is 6.92 Å². The molecular weight excluding hydrogens is 350 g/mol. The molecule has 0 unspecified atom stereocenters. The first-order valence-corrected chi connectivity index (χ1v) is 9.56. The molecule has 0 saturated heterocycles. The van der Waals surface area contributed by atoms with Gasteiger partial charge in [-0.25, -0.2) is 9.78 Å². The second-order valence-corrected chi connectivity index (χ2v) is 6.94. The van der Waals surface area contributed by atoms with Gasteiger partial charge in [0, 0.05) is 24.5 Å². The molecule has 0 saturated carbocycles. The fourth-order valence-corrected chi connectivity index (χ4v) is 3.19. The lowest BCUT2D eigenvalue weighted by molar-refractivity contribution is 0.0980. The zero-order valence-corrected chi connectivity index (χ0v) is 16.2. The molecule has 2 aromatic rings. The zero-order chi connectivity index (χ0) is 18.9. The van der Waals surface area contributed by atoms with E-state index in [0.29, 0.717) is 29.4 Å². The molecule has 1 aromatic heterocycles. The molecule has 2 amide bonds. The standard InChI is InChI=1S/C19H25N3O3S/c1-4-5-6-7-17(23)15-10-13(2)8-9-16(15)21-18(24)22-19-20-14(11-25-3)12-26-19/h8-10,12H,4-7,11H2,1-3H3,(H2,20,21,22,24). The number of Topliss-reactive ketones (excluding diaryl/α,β-unsaturated/α-hetero) is 1. The van der Waals surface area contributed by atoms with Crippen LogP contribution < -0.4 is 10.6 Å². The summed E-state index contributed by atoms with van der Waals surface area (Å²) in [4.78, 5) is 29.0. The molecule has 1 heterocycles. The summed E-state index contributed by atoms with van der Waals surface area (Å²) < 4.78 is 5.01. The van der Waals surface area contributed by atoms with Crippen molar-refractivity contribution in [2.45, 2.75) is 46.1 Å². The summed E-state index contributed by atoms with van der Waals surface area (Å²) in [6.07, 6.45) is 3.43. The van der Waals surface area contributed by atoms with E-state index in [1.165, 1.54) is 11.3 Å². The monoisotopic (exact) mass is 375 g/mol. The van der Waals surface area contributed by atoms with Crippen LogP contribution in [-0.4, -0.2) is 23.9 Å². The van der Waals surface area contributed by atoms with Gasteiger partial charge in [-0.1, -0.05) is 31.4 Å². The second-order valence-electron chi connectivity index (χ2n) is 6.09. The normalized spacial score (nSPS) is 10.6. The average molecular weight is 375 g/mol. The van der Waals surface area contributed by atoms with Gasteiger partial charge in [0.25, 0.3) is 0 Å². The van der Waals surface area contributed by atoms with Gasteiger partial charge in [-0.3, -0.25) is 10.1 Å². The molecule has 140 valence electrons. The summed E-state index contributed by atoms with van der Waals surface area (Å²) in [7, 11) is 1.59. The van der Waals surface area contributed by atoms with E-state index in [1.807, 2.05) is 24.4 Å². The highest BCUT2D eigenvalue weighted by atomic mass is 32.1. The number of methoxy groups -OCH3 is 1. The molecule has 0 aliphatic rings. The number of aromatic nitrogens is 1. The molecule has 0 fully saturated rings. The molecule has 0 atom stereocenters. The van der Waals surface area contributed by atoms with Crippen molar-refractivity contribution in [2.24, 2.45) is 0 Å². The van der Waals surface area contributed by atoms with Crippen molar-refractivity contribution in [1.82, 2.24) is 4.98 Å². The molecule has 0 bridgehead atoms. The van der Waals surface area contributed by atoms with Gasteiger partial charge in [-0.2, -0.15) is 0 Å². The number of amides is 2. The molecule has 2 N–H and O–H groups in total.